The van der Waals surface area contributed by atoms with Crippen LogP contribution in [0.1, 0.15) is 36.5 Å². The van der Waals surface area contributed by atoms with E-state index >= 15 is 0 Å². The molecular weight excluding hydrogens is 447 g/mol. The van der Waals surface area contributed by atoms with E-state index in [1.54, 1.807) is 0 Å². The zero-order valence-corrected chi connectivity index (χ0v) is 18.4. The molecule has 0 radical (unpaired) electrons. The van der Waals surface area contributed by atoms with Crippen molar-refractivity contribution in [1.82, 2.24) is 4.31 Å². The Morgan fingerprint density at radius 1 is 1.13 bits per heavy atom. The SMILES string of the molecule is C[C@@H](OC(=O)c1cccc(F)c1)C(=O)Nc1cc(S(=O)(=O)N2CCCCC2)ccc1Cl. The first-order chi connectivity index (χ1) is 14.7. The summed E-state index contributed by atoms with van der Waals surface area (Å²) in [6.45, 7) is 2.23. The molecule has 0 aromatic heterocycles. The maximum Gasteiger partial charge on any atom is 0.339 e. The van der Waals surface area contributed by atoms with E-state index in [-0.39, 0.29) is 21.2 Å². The number of benzene rings is 2. The van der Waals surface area contributed by atoms with Gasteiger partial charge in [-0.15, -0.1) is 0 Å². The fourth-order valence-corrected chi connectivity index (χ4v) is 4.86. The summed E-state index contributed by atoms with van der Waals surface area (Å²) in [4.78, 5) is 24.6. The van der Waals surface area contributed by atoms with Crippen LogP contribution in [0.5, 0.6) is 0 Å². The van der Waals surface area contributed by atoms with E-state index in [1.165, 1.54) is 47.6 Å². The summed E-state index contributed by atoms with van der Waals surface area (Å²) in [7, 11) is -3.71. The van der Waals surface area contributed by atoms with Crippen LogP contribution in [0, 0.1) is 5.82 Å². The molecule has 1 saturated heterocycles. The van der Waals surface area contributed by atoms with Crippen molar-refractivity contribution in [2.75, 3.05) is 18.4 Å². The second-order valence-corrected chi connectivity index (χ2v) is 9.50. The van der Waals surface area contributed by atoms with Gasteiger partial charge in [-0.25, -0.2) is 17.6 Å². The van der Waals surface area contributed by atoms with Gasteiger partial charge in [-0.2, -0.15) is 4.31 Å². The van der Waals surface area contributed by atoms with Gasteiger partial charge in [0.05, 0.1) is 21.2 Å². The minimum Gasteiger partial charge on any atom is -0.449 e. The molecule has 0 bridgehead atoms. The lowest BCUT2D eigenvalue weighted by Gasteiger charge is -2.26. The molecule has 2 aromatic rings. The molecule has 0 saturated carbocycles. The van der Waals surface area contributed by atoms with Gasteiger partial charge < -0.3 is 10.1 Å². The van der Waals surface area contributed by atoms with Gasteiger partial charge >= 0.3 is 5.97 Å². The zero-order chi connectivity index (χ0) is 22.6. The smallest absolute Gasteiger partial charge is 0.339 e. The van der Waals surface area contributed by atoms with Crippen LogP contribution in [-0.4, -0.2) is 43.8 Å². The Morgan fingerprint density at radius 2 is 1.84 bits per heavy atom. The van der Waals surface area contributed by atoms with E-state index in [0.29, 0.717) is 13.1 Å². The van der Waals surface area contributed by atoms with Crippen molar-refractivity contribution in [2.24, 2.45) is 0 Å². The molecule has 7 nitrogen and oxygen atoms in total. The molecule has 1 heterocycles. The summed E-state index contributed by atoms with van der Waals surface area (Å²) < 4.78 is 45.5. The quantitative estimate of drug-likeness (QED) is 0.650. The minimum absolute atomic E-state index is 0.0125. The number of esters is 1. The maximum atomic E-state index is 13.3. The van der Waals surface area contributed by atoms with Crippen molar-refractivity contribution >= 4 is 39.2 Å². The van der Waals surface area contributed by atoms with Crippen LogP contribution < -0.4 is 5.32 Å². The van der Waals surface area contributed by atoms with Crippen LogP contribution in [0.4, 0.5) is 10.1 Å². The maximum absolute atomic E-state index is 13.3. The first kappa shape index (κ1) is 23.2. The van der Waals surface area contributed by atoms with Crippen molar-refractivity contribution in [3.05, 3.63) is 58.9 Å². The minimum atomic E-state index is -3.71. The Morgan fingerprint density at radius 3 is 2.52 bits per heavy atom. The Balaban J connectivity index is 1.72. The topological polar surface area (TPSA) is 92.8 Å². The predicted molar refractivity (Wildman–Crippen MR) is 114 cm³/mol. The molecule has 10 heteroatoms. The summed E-state index contributed by atoms with van der Waals surface area (Å²) in [5, 5.41) is 2.62. The fourth-order valence-electron chi connectivity index (χ4n) is 3.15. The largest absolute Gasteiger partial charge is 0.449 e. The number of rotatable bonds is 6. The first-order valence-electron chi connectivity index (χ1n) is 9.75. The summed E-state index contributed by atoms with van der Waals surface area (Å²) in [5.41, 5.74) is 0.0470. The van der Waals surface area contributed by atoms with Gasteiger partial charge in [0.25, 0.3) is 5.91 Å². The van der Waals surface area contributed by atoms with Crippen LogP contribution in [0.25, 0.3) is 0 Å². The molecule has 2 aromatic carbocycles. The monoisotopic (exact) mass is 468 g/mol. The number of nitrogens with one attached hydrogen (secondary N) is 1. The number of piperidine rings is 1. The third-order valence-electron chi connectivity index (χ3n) is 4.86. The van der Waals surface area contributed by atoms with Crippen LogP contribution in [0.2, 0.25) is 5.02 Å². The molecule has 166 valence electrons. The summed E-state index contributed by atoms with van der Waals surface area (Å²) in [5.74, 6) is -2.18. The molecule has 1 fully saturated rings. The lowest BCUT2D eigenvalue weighted by Crippen LogP contribution is -2.35. The average Bonchev–Trinajstić information content (AvgIpc) is 2.75. The van der Waals surface area contributed by atoms with E-state index in [4.69, 9.17) is 16.3 Å². The molecule has 0 unspecified atom stereocenters. The van der Waals surface area contributed by atoms with E-state index in [0.717, 1.165) is 25.3 Å². The van der Waals surface area contributed by atoms with E-state index in [2.05, 4.69) is 5.32 Å². The van der Waals surface area contributed by atoms with Gasteiger partial charge in [0.15, 0.2) is 6.10 Å². The molecule has 0 aliphatic carbocycles. The predicted octanol–water partition coefficient (Wildman–Crippen LogP) is 3.84. The number of nitrogens with zero attached hydrogens (tertiary/aromatic N) is 1. The van der Waals surface area contributed by atoms with Crippen LogP contribution in [0.3, 0.4) is 0 Å². The molecule has 1 aliphatic heterocycles. The van der Waals surface area contributed by atoms with Gasteiger partial charge in [0, 0.05) is 13.1 Å². The molecule has 31 heavy (non-hydrogen) atoms. The molecule has 1 N–H and O–H groups in total. The highest BCUT2D eigenvalue weighted by molar-refractivity contribution is 7.89. The Kier molecular flexibility index (Phi) is 7.30. The highest BCUT2D eigenvalue weighted by Crippen LogP contribution is 2.28. The lowest BCUT2D eigenvalue weighted by molar-refractivity contribution is -0.123. The third kappa shape index (κ3) is 5.61. The fraction of sp³-hybridized carbons (Fsp3) is 0.333. The van der Waals surface area contributed by atoms with Crippen molar-refractivity contribution in [2.45, 2.75) is 37.2 Å². The van der Waals surface area contributed by atoms with Crippen molar-refractivity contribution in [1.29, 1.82) is 0 Å². The highest BCUT2D eigenvalue weighted by Gasteiger charge is 2.27. The van der Waals surface area contributed by atoms with E-state index in [1.807, 2.05) is 0 Å². The van der Waals surface area contributed by atoms with E-state index < -0.39 is 33.8 Å². The Bertz CT molecular complexity index is 1090. The van der Waals surface area contributed by atoms with Gasteiger partial charge in [-0.3, -0.25) is 4.79 Å². The number of amides is 1. The normalized spacial score (nSPS) is 15.8. The molecule has 3 rings (SSSR count). The van der Waals surface area contributed by atoms with Gasteiger partial charge in [0.2, 0.25) is 10.0 Å². The first-order valence-corrected chi connectivity index (χ1v) is 11.6. The summed E-state index contributed by atoms with van der Waals surface area (Å²) in [6.07, 6.45) is 1.35. The van der Waals surface area contributed by atoms with Crippen LogP contribution in [-0.2, 0) is 19.6 Å². The third-order valence-corrected chi connectivity index (χ3v) is 7.09. The molecule has 1 atom stereocenters. The average molecular weight is 469 g/mol. The molecule has 0 spiro atoms. The Labute approximate surface area is 185 Å². The summed E-state index contributed by atoms with van der Waals surface area (Å²) >= 11 is 6.13. The van der Waals surface area contributed by atoms with Crippen molar-refractivity contribution in [3.63, 3.8) is 0 Å². The summed E-state index contributed by atoms with van der Waals surface area (Å²) in [6, 6.07) is 8.95. The number of carbonyl (C=O) groups is 2. The van der Waals surface area contributed by atoms with Crippen LogP contribution >= 0.6 is 11.6 Å². The van der Waals surface area contributed by atoms with E-state index in [9.17, 15) is 22.4 Å². The second-order valence-electron chi connectivity index (χ2n) is 7.15. The lowest BCUT2D eigenvalue weighted by atomic mass is 10.2. The van der Waals surface area contributed by atoms with Gasteiger partial charge in [-0.1, -0.05) is 24.1 Å². The van der Waals surface area contributed by atoms with Crippen molar-refractivity contribution in [3.8, 4) is 0 Å². The number of halogens is 2. The molecule has 1 aliphatic rings. The Hall–Kier alpha value is -2.49. The van der Waals surface area contributed by atoms with Crippen LogP contribution in [0.15, 0.2) is 47.4 Å². The number of carbonyl (C=O) groups excluding carboxylic acids is 2. The number of hydrogen-bond acceptors (Lipinski definition) is 5. The standard InChI is InChI=1S/C21H22ClFN2O5S/c1-14(30-21(27)15-6-5-7-16(23)12-15)20(26)24-19-13-17(8-9-18(19)22)31(28,29)25-10-3-2-4-11-25/h5-9,12-14H,2-4,10-11H2,1H3,(H,24,26)/t14-/m1/s1. The number of hydrogen-bond donors (Lipinski definition) is 1. The number of sulfonamides is 1. The van der Waals surface area contributed by atoms with Gasteiger partial charge in [0.1, 0.15) is 5.82 Å². The number of ether oxygens (including phenoxy) is 1. The second kappa shape index (κ2) is 9.76. The molecule has 1 amide bonds. The highest BCUT2D eigenvalue weighted by atomic mass is 35.5. The zero-order valence-electron chi connectivity index (χ0n) is 16.8. The van der Waals surface area contributed by atoms with Crippen molar-refractivity contribution < 1.29 is 27.1 Å². The van der Waals surface area contributed by atoms with Gasteiger partial charge in [-0.05, 0) is 56.2 Å². The number of anilines is 1. The molecular formula is C21H22ClFN2O5S.